The van der Waals surface area contributed by atoms with Crippen LogP contribution in [0.4, 0.5) is 5.69 Å². The third-order valence-corrected chi connectivity index (χ3v) is 7.78. The number of benzene rings is 4. The molecule has 2 N–H and O–H groups in total. The molecule has 0 aromatic heterocycles. The number of nitrogens with zero attached hydrogens (tertiary/aromatic N) is 1. The summed E-state index contributed by atoms with van der Waals surface area (Å²) in [4.78, 5) is 39.2. The first-order chi connectivity index (χ1) is 26.7. The number of unbranched alkanes of at least 4 members (excludes halogenated alkanes) is 2. The third-order valence-electron chi connectivity index (χ3n) is 7.47. The number of phenols is 1. The third kappa shape index (κ3) is 13.8. The maximum atomic E-state index is 12.7. The Morgan fingerprint density at radius 1 is 0.673 bits per heavy atom. The fraction of sp³-hybridized carbons (Fsp3) is 0.190. The number of esters is 3. The highest BCUT2D eigenvalue weighted by Crippen LogP contribution is 2.37. The van der Waals surface area contributed by atoms with Crippen molar-refractivity contribution < 1.29 is 53.0 Å². The molecule has 4 rings (SSSR count). The number of carbonyl (C=O) groups excluding carboxylic acids is 3. The van der Waals surface area contributed by atoms with Crippen LogP contribution in [0.2, 0.25) is 5.02 Å². The highest BCUT2D eigenvalue weighted by Gasteiger charge is 2.15. The van der Waals surface area contributed by atoms with Crippen molar-refractivity contribution in [3.8, 4) is 28.7 Å². The number of phenolic OH excluding ortho intramolecular Hbond substituents is 1. The smallest absolute Gasteiger partial charge is 0.343 e. The molecule has 0 atom stereocenters. The summed E-state index contributed by atoms with van der Waals surface area (Å²) in [5.74, 6) is -0.226. The predicted molar refractivity (Wildman–Crippen MR) is 208 cm³/mol. The topological polar surface area (TPSA) is 159 Å². The van der Waals surface area contributed by atoms with E-state index in [2.05, 4.69) is 18.2 Å². The second-order valence-electron chi connectivity index (χ2n) is 11.5. The Kier molecular flexibility index (Phi) is 16.4. The Bertz CT molecular complexity index is 1970. The number of aliphatic hydroxyl groups excluding tert-OH is 1. The first-order valence-corrected chi connectivity index (χ1v) is 17.5. The summed E-state index contributed by atoms with van der Waals surface area (Å²) in [6.07, 6.45) is 7.30. The van der Waals surface area contributed by atoms with Crippen molar-refractivity contribution in [3.63, 3.8) is 0 Å². The molecular weight excluding hydrogens is 730 g/mol. The van der Waals surface area contributed by atoms with Crippen LogP contribution in [0, 0.1) is 0 Å². The van der Waals surface area contributed by atoms with Crippen molar-refractivity contribution in [3.05, 3.63) is 138 Å². The maximum absolute atomic E-state index is 12.7. The number of rotatable bonds is 21. The van der Waals surface area contributed by atoms with Gasteiger partial charge in [0.1, 0.15) is 23.5 Å². The lowest BCUT2D eigenvalue weighted by Gasteiger charge is -2.11. The Morgan fingerprint density at radius 2 is 1.18 bits per heavy atom. The molecule has 0 spiro atoms. The zero-order valence-corrected chi connectivity index (χ0v) is 30.6. The predicted octanol–water partition coefficient (Wildman–Crippen LogP) is 8.73. The molecule has 0 heterocycles. The van der Waals surface area contributed by atoms with Crippen molar-refractivity contribution >= 4 is 47.2 Å². The largest absolute Gasteiger partial charge is 0.512 e. The zero-order chi connectivity index (χ0) is 39.4. The highest BCUT2D eigenvalue weighted by molar-refractivity contribution is 6.33. The normalized spacial score (nSPS) is 11.0. The number of hydrogen-bond donors (Lipinski definition) is 2. The maximum Gasteiger partial charge on any atom is 0.343 e. The van der Waals surface area contributed by atoms with Gasteiger partial charge in [0.05, 0.1) is 42.7 Å². The monoisotopic (exact) mass is 769 g/mol. The van der Waals surface area contributed by atoms with Crippen molar-refractivity contribution in [2.45, 2.75) is 25.7 Å². The van der Waals surface area contributed by atoms with Gasteiger partial charge >= 0.3 is 17.9 Å². The summed E-state index contributed by atoms with van der Waals surface area (Å²) >= 11 is 6.41. The van der Waals surface area contributed by atoms with E-state index in [0.717, 1.165) is 18.4 Å². The number of carbonyl (C=O) groups is 3. The first-order valence-electron chi connectivity index (χ1n) is 17.1. The van der Waals surface area contributed by atoms with Crippen LogP contribution in [0.1, 0.15) is 47.2 Å². The number of aromatic hydroxyl groups is 1. The van der Waals surface area contributed by atoms with E-state index in [4.69, 9.17) is 40.0 Å². The minimum absolute atomic E-state index is 0.136. The molecule has 0 saturated heterocycles. The molecule has 286 valence electrons. The Labute approximate surface area is 323 Å². The molecule has 0 aliphatic heterocycles. The quantitative estimate of drug-likeness (QED) is 0.0208. The average molecular weight is 770 g/mol. The summed E-state index contributed by atoms with van der Waals surface area (Å²) < 4.78 is 32.5. The molecular formula is C42H40ClNO11. The lowest BCUT2D eigenvalue weighted by Crippen LogP contribution is -2.08. The second-order valence-corrected chi connectivity index (χ2v) is 11.9. The van der Waals surface area contributed by atoms with Crippen LogP contribution < -0.4 is 18.9 Å². The summed E-state index contributed by atoms with van der Waals surface area (Å²) in [5, 5.41) is 20.6. The van der Waals surface area contributed by atoms with Crippen LogP contribution in [0.5, 0.6) is 28.7 Å². The SMILES string of the molecule is C=CC(=O)OCCCCOc1ccc(C(=O)Oc2cc(Cl)c(N=Cc3ccc(OC(=CO)c4ccc(OCCCCOC(=O)C=C)cc4)cc3)cc2O)cc1. The molecule has 0 amide bonds. The van der Waals surface area contributed by atoms with E-state index in [1.807, 2.05) is 0 Å². The standard InChI is InChI=1S/C42H40ClNO11/c1-3-40(47)52-23-7-5-21-50-32-17-11-30(12-18-32)39(28-45)54-34-15-9-29(10-16-34)27-44-36-26-37(46)38(25-35(36)43)55-42(49)31-13-19-33(20-14-31)51-22-6-8-24-53-41(48)4-2/h3-4,9-20,25-28,45-46H,1-2,5-8,21-24H2. The zero-order valence-electron chi connectivity index (χ0n) is 29.9. The van der Waals surface area contributed by atoms with Gasteiger partial charge in [0, 0.05) is 36.1 Å². The van der Waals surface area contributed by atoms with Gasteiger partial charge in [-0.3, -0.25) is 4.99 Å². The molecule has 4 aromatic rings. The van der Waals surface area contributed by atoms with Crippen LogP contribution >= 0.6 is 11.6 Å². The van der Waals surface area contributed by atoms with Gasteiger partial charge in [-0.05, 0) is 104 Å². The molecule has 0 radical (unpaired) electrons. The van der Waals surface area contributed by atoms with E-state index in [1.54, 1.807) is 60.7 Å². The molecule has 4 aromatic carbocycles. The number of ether oxygens (including phenoxy) is 6. The molecule has 0 aliphatic rings. The van der Waals surface area contributed by atoms with E-state index < -0.39 is 17.9 Å². The summed E-state index contributed by atoms with van der Waals surface area (Å²) in [6.45, 7) is 8.12. The molecule has 55 heavy (non-hydrogen) atoms. The van der Waals surface area contributed by atoms with Gasteiger partial charge in [-0.1, -0.05) is 24.8 Å². The highest BCUT2D eigenvalue weighted by atomic mass is 35.5. The molecule has 0 aliphatic carbocycles. The van der Waals surface area contributed by atoms with Crippen molar-refractivity contribution in [1.29, 1.82) is 0 Å². The van der Waals surface area contributed by atoms with Crippen LogP contribution in [0.15, 0.2) is 121 Å². The number of aliphatic hydroxyl groups is 1. The van der Waals surface area contributed by atoms with Gasteiger partial charge in [0.25, 0.3) is 0 Å². The minimum atomic E-state index is -0.709. The Balaban J connectivity index is 1.24. The van der Waals surface area contributed by atoms with Crippen LogP contribution in [-0.2, 0) is 19.1 Å². The fourth-order valence-corrected chi connectivity index (χ4v) is 4.78. The summed E-state index contributed by atoms with van der Waals surface area (Å²) in [7, 11) is 0. The molecule has 0 fully saturated rings. The Morgan fingerprint density at radius 3 is 1.71 bits per heavy atom. The van der Waals surface area contributed by atoms with Gasteiger partial charge in [0.15, 0.2) is 17.3 Å². The van der Waals surface area contributed by atoms with E-state index in [9.17, 15) is 24.6 Å². The van der Waals surface area contributed by atoms with Gasteiger partial charge in [-0.25, -0.2) is 14.4 Å². The van der Waals surface area contributed by atoms with Crippen molar-refractivity contribution in [1.82, 2.24) is 0 Å². The fourth-order valence-electron chi connectivity index (χ4n) is 4.58. The number of aliphatic imine (C=N–C) groups is 1. The van der Waals surface area contributed by atoms with Crippen molar-refractivity contribution in [2.75, 3.05) is 26.4 Å². The van der Waals surface area contributed by atoms with Crippen LogP contribution in [-0.4, -0.2) is 60.8 Å². The van der Waals surface area contributed by atoms with Crippen molar-refractivity contribution in [2.24, 2.45) is 4.99 Å². The minimum Gasteiger partial charge on any atom is -0.512 e. The summed E-state index contributed by atoms with van der Waals surface area (Å²) in [5.41, 5.74) is 1.79. The Hall–Kier alpha value is -6.53. The number of hydrogen-bond acceptors (Lipinski definition) is 12. The van der Waals surface area contributed by atoms with Crippen LogP contribution in [0.25, 0.3) is 5.76 Å². The van der Waals surface area contributed by atoms with Gasteiger partial charge < -0.3 is 38.6 Å². The average Bonchev–Trinajstić information content (AvgIpc) is 3.20. The number of halogens is 1. The molecule has 13 heteroatoms. The molecule has 12 nitrogen and oxygen atoms in total. The molecule has 0 saturated carbocycles. The lowest BCUT2D eigenvalue weighted by molar-refractivity contribution is -0.138. The van der Waals surface area contributed by atoms with E-state index >= 15 is 0 Å². The molecule has 0 bridgehead atoms. The first kappa shape index (κ1) is 41.2. The van der Waals surface area contributed by atoms with Gasteiger partial charge in [-0.2, -0.15) is 0 Å². The lowest BCUT2D eigenvalue weighted by atomic mass is 10.2. The second kappa shape index (κ2) is 21.9. The van der Waals surface area contributed by atoms with Gasteiger partial charge in [-0.15, -0.1) is 0 Å². The molecule has 0 unspecified atom stereocenters. The van der Waals surface area contributed by atoms with Gasteiger partial charge in [0.2, 0.25) is 0 Å². The van der Waals surface area contributed by atoms with E-state index in [-0.39, 0.29) is 40.1 Å². The van der Waals surface area contributed by atoms with Crippen LogP contribution in [0.3, 0.4) is 0 Å². The van der Waals surface area contributed by atoms with E-state index in [0.29, 0.717) is 73.9 Å². The summed E-state index contributed by atoms with van der Waals surface area (Å²) in [6, 6.07) is 22.8. The van der Waals surface area contributed by atoms with E-state index in [1.165, 1.54) is 30.5 Å².